The molecular formula is C5H8N6O3. The van der Waals surface area contributed by atoms with Crippen molar-refractivity contribution in [2.75, 3.05) is 6.54 Å². The first-order valence-electron chi connectivity index (χ1n) is 3.61. The summed E-state index contributed by atoms with van der Waals surface area (Å²) in [6, 6.07) is -1.15. The number of aromatic amines is 1. The van der Waals surface area contributed by atoms with Crippen LogP contribution in [0.2, 0.25) is 0 Å². The fourth-order valence-corrected chi connectivity index (χ4v) is 0.627. The number of amides is 1. The van der Waals surface area contributed by atoms with E-state index in [2.05, 4.69) is 25.9 Å². The van der Waals surface area contributed by atoms with E-state index >= 15 is 0 Å². The predicted octanol–water partition coefficient (Wildman–Crippen LogP) is -2.66. The van der Waals surface area contributed by atoms with Crippen molar-refractivity contribution in [2.45, 2.75) is 6.04 Å². The highest BCUT2D eigenvalue weighted by Crippen LogP contribution is 1.83. The molecule has 0 aliphatic heterocycles. The summed E-state index contributed by atoms with van der Waals surface area (Å²) in [5, 5.41) is 22.7. The Labute approximate surface area is 77.7 Å². The van der Waals surface area contributed by atoms with Gasteiger partial charge in [0.1, 0.15) is 6.04 Å². The Kier molecular flexibility index (Phi) is 3.07. The van der Waals surface area contributed by atoms with E-state index in [1.54, 1.807) is 0 Å². The first-order chi connectivity index (χ1) is 6.61. The van der Waals surface area contributed by atoms with Gasteiger partial charge >= 0.3 is 5.97 Å². The van der Waals surface area contributed by atoms with Gasteiger partial charge in [0.05, 0.1) is 0 Å². The largest absolute Gasteiger partial charge is 0.480 e. The summed E-state index contributed by atoms with van der Waals surface area (Å²) in [7, 11) is 0. The third-order valence-electron chi connectivity index (χ3n) is 1.35. The second kappa shape index (κ2) is 4.28. The fraction of sp³-hybridized carbons (Fsp3) is 0.400. The maximum atomic E-state index is 11.1. The van der Waals surface area contributed by atoms with Crippen molar-refractivity contribution in [3.05, 3.63) is 5.82 Å². The lowest BCUT2D eigenvalue weighted by Crippen LogP contribution is -2.42. The zero-order valence-electron chi connectivity index (χ0n) is 6.97. The number of aromatic nitrogens is 4. The number of carbonyl (C=O) groups excluding carboxylic acids is 1. The third kappa shape index (κ3) is 2.48. The molecule has 9 nitrogen and oxygen atoms in total. The van der Waals surface area contributed by atoms with Crippen LogP contribution >= 0.6 is 0 Å². The Morgan fingerprint density at radius 1 is 1.64 bits per heavy atom. The minimum atomic E-state index is -1.20. The van der Waals surface area contributed by atoms with Gasteiger partial charge in [-0.05, 0) is 5.21 Å². The Hall–Kier alpha value is -2.03. The monoisotopic (exact) mass is 200 g/mol. The van der Waals surface area contributed by atoms with Crippen LogP contribution in [0, 0.1) is 0 Å². The molecule has 0 aromatic carbocycles. The number of nitrogens with zero attached hydrogens (tertiary/aromatic N) is 3. The Morgan fingerprint density at radius 2 is 2.36 bits per heavy atom. The standard InChI is InChI=1S/C5H8N6O3/c6-2(5(13)14)1-7-4(12)3-8-10-11-9-3/h2H,1,6H2,(H,7,12)(H,13,14)(H,8,9,10,11)/t2-/m0/s1. The average molecular weight is 200 g/mol. The maximum Gasteiger partial charge on any atom is 0.322 e. The van der Waals surface area contributed by atoms with Crippen LogP contribution in [-0.2, 0) is 4.79 Å². The molecule has 0 radical (unpaired) electrons. The first kappa shape index (κ1) is 10.1. The molecule has 1 rings (SSSR count). The van der Waals surface area contributed by atoms with Crippen LogP contribution in [-0.4, -0.2) is 50.2 Å². The molecule has 76 valence electrons. The van der Waals surface area contributed by atoms with Crippen LogP contribution < -0.4 is 11.1 Å². The van der Waals surface area contributed by atoms with Crippen LogP contribution in [0.1, 0.15) is 10.6 Å². The smallest absolute Gasteiger partial charge is 0.322 e. The Bertz CT molecular complexity index is 322. The van der Waals surface area contributed by atoms with Crippen LogP contribution in [0.15, 0.2) is 0 Å². The van der Waals surface area contributed by atoms with Crippen molar-refractivity contribution in [3.8, 4) is 0 Å². The van der Waals surface area contributed by atoms with Gasteiger partial charge in [0, 0.05) is 6.54 Å². The molecule has 1 atom stereocenters. The number of H-pyrrole nitrogens is 1. The van der Waals surface area contributed by atoms with E-state index in [4.69, 9.17) is 10.8 Å². The molecule has 1 amide bonds. The zero-order chi connectivity index (χ0) is 10.6. The predicted molar refractivity (Wildman–Crippen MR) is 42.1 cm³/mol. The Balaban J connectivity index is 2.40. The van der Waals surface area contributed by atoms with Crippen LogP contribution in [0.5, 0.6) is 0 Å². The molecule has 0 bridgehead atoms. The average Bonchev–Trinajstić information content (AvgIpc) is 2.66. The molecule has 5 N–H and O–H groups in total. The summed E-state index contributed by atoms with van der Waals surface area (Å²) < 4.78 is 0. The second-order valence-corrected chi connectivity index (χ2v) is 2.39. The second-order valence-electron chi connectivity index (χ2n) is 2.39. The molecule has 9 heteroatoms. The molecule has 0 fully saturated rings. The first-order valence-corrected chi connectivity index (χ1v) is 3.61. The summed E-state index contributed by atoms with van der Waals surface area (Å²) in [5.41, 5.74) is 5.14. The van der Waals surface area contributed by atoms with Gasteiger partial charge in [-0.25, -0.2) is 0 Å². The summed E-state index contributed by atoms with van der Waals surface area (Å²) in [5.74, 6) is -1.99. The highest BCUT2D eigenvalue weighted by molar-refractivity contribution is 5.90. The summed E-state index contributed by atoms with van der Waals surface area (Å²) in [4.78, 5) is 21.4. The molecular weight excluding hydrogens is 192 g/mol. The Morgan fingerprint density at radius 3 is 2.86 bits per heavy atom. The third-order valence-corrected chi connectivity index (χ3v) is 1.35. The van der Waals surface area contributed by atoms with Gasteiger partial charge in [-0.1, -0.05) is 0 Å². The number of tetrazole rings is 1. The van der Waals surface area contributed by atoms with Gasteiger partial charge in [-0.15, -0.1) is 10.2 Å². The molecule has 0 spiro atoms. The van der Waals surface area contributed by atoms with Gasteiger partial charge in [0.15, 0.2) is 0 Å². The van der Waals surface area contributed by atoms with Crippen molar-refractivity contribution >= 4 is 11.9 Å². The van der Waals surface area contributed by atoms with E-state index in [1.807, 2.05) is 0 Å². The molecule has 1 aromatic rings. The van der Waals surface area contributed by atoms with E-state index < -0.39 is 17.9 Å². The van der Waals surface area contributed by atoms with E-state index in [9.17, 15) is 9.59 Å². The zero-order valence-corrected chi connectivity index (χ0v) is 6.97. The molecule has 0 saturated heterocycles. The lowest BCUT2D eigenvalue weighted by molar-refractivity contribution is -0.138. The minimum absolute atomic E-state index is 0.164. The quantitative estimate of drug-likeness (QED) is 0.414. The summed E-state index contributed by atoms with van der Waals surface area (Å²) in [6.45, 7) is -0.192. The van der Waals surface area contributed by atoms with Crippen molar-refractivity contribution in [3.63, 3.8) is 0 Å². The fourth-order valence-electron chi connectivity index (χ4n) is 0.627. The number of nitrogens with one attached hydrogen (secondary N) is 2. The van der Waals surface area contributed by atoms with Gasteiger partial charge in [0.25, 0.3) is 11.7 Å². The topological polar surface area (TPSA) is 147 Å². The lowest BCUT2D eigenvalue weighted by Gasteiger charge is -2.05. The number of hydrogen-bond acceptors (Lipinski definition) is 6. The number of aliphatic carboxylic acids is 1. The number of nitrogens with two attached hydrogens (primary N) is 1. The van der Waals surface area contributed by atoms with E-state index in [1.165, 1.54) is 0 Å². The van der Waals surface area contributed by atoms with Crippen molar-refractivity contribution in [2.24, 2.45) is 5.73 Å². The number of rotatable bonds is 4. The van der Waals surface area contributed by atoms with Crippen LogP contribution in [0.4, 0.5) is 0 Å². The summed E-state index contributed by atoms with van der Waals surface area (Å²) in [6.07, 6.45) is 0. The molecule has 0 aliphatic carbocycles. The van der Waals surface area contributed by atoms with Crippen molar-refractivity contribution < 1.29 is 14.7 Å². The number of carbonyl (C=O) groups is 2. The summed E-state index contributed by atoms with van der Waals surface area (Å²) >= 11 is 0. The lowest BCUT2D eigenvalue weighted by atomic mass is 10.3. The van der Waals surface area contributed by atoms with Crippen LogP contribution in [0.3, 0.4) is 0 Å². The molecule has 0 aliphatic rings. The highest BCUT2D eigenvalue weighted by Gasteiger charge is 2.15. The highest BCUT2D eigenvalue weighted by atomic mass is 16.4. The number of carboxylic acid groups (broad SMARTS) is 1. The van der Waals surface area contributed by atoms with Gasteiger partial charge < -0.3 is 16.2 Å². The molecule has 1 aromatic heterocycles. The maximum absolute atomic E-state index is 11.1. The van der Waals surface area contributed by atoms with E-state index in [-0.39, 0.29) is 12.4 Å². The normalized spacial score (nSPS) is 12.1. The van der Waals surface area contributed by atoms with Crippen molar-refractivity contribution in [1.82, 2.24) is 25.9 Å². The SMILES string of the molecule is N[C@@H](CNC(=O)c1nn[nH]n1)C(=O)O. The molecule has 14 heavy (non-hydrogen) atoms. The number of hydrogen-bond donors (Lipinski definition) is 4. The minimum Gasteiger partial charge on any atom is -0.480 e. The van der Waals surface area contributed by atoms with Gasteiger partial charge in [-0.2, -0.15) is 5.21 Å². The number of carboxylic acids is 1. The van der Waals surface area contributed by atoms with Crippen molar-refractivity contribution in [1.29, 1.82) is 0 Å². The molecule has 1 heterocycles. The van der Waals surface area contributed by atoms with E-state index in [0.29, 0.717) is 0 Å². The van der Waals surface area contributed by atoms with Gasteiger partial charge in [0.2, 0.25) is 0 Å². The molecule has 0 unspecified atom stereocenters. The van der Waals surface area contributed by atoms with E-state index in [0.717, 1.165) is 0 Å². The molecule has 0 saturated carbocycles. The van der Waals surface area contributed by atoms with Crippen LogP contribution in [0.25, 0.3) is 0 Å². The van der Waals surface area contributed by atoms with Gasteiger partial charge in [-0.3, -0.25) is 9.59 Å².